The molecule has 0 aromatic heterocycles. The predicted octanol–water partition coefficient (Wildman–Crippen LogP) is 2.74. The lowest BCUT2D eigenvalue weighted by atomic mass is 10.1. The Morgan fingerprint density at radius 2 is 1.81 bits per heavy atom. The van der Waals surface area contributed by atoms with Crippen LogP contribution in [0.2, 0.25) is 0 Å². The zero-order chi connectivity index (χ0) is 18.7. The molecule has 0 unspecified atom stereocenters. The van der Waals surface area contributed by atoms with Gasteiger partial charge in [-0.05, 0) is 54.2 Å². The number of nitro benzene ring substituents is 1. The Balaban J connectivity index is 1.89. The van der Waals surface area contributed by atoms with Crippen molar-refractivity contribution in [1.29, 1.82) is 0 Å². The monoisotopic (exact) mass is 371 g/mol. The number of benzene rings is 2. The van der Waals surface area contributed by atoms with Crippen LogP contribution in [0.25, 0.3) is 6.08 Å². The van der Waals surface area contributed by atoms with Crippen molar-refractivity contribution in [1.82, 2.24) is 10.6 Å². The van der Waals surface area contributed by atoms with Gasteiger partial charge in [0.2, 0.25) is 5.75 Å². The third kappa shape index (κ3) is 3.78. The van der Waals surface area contributed by atoms with Crippen LogP contribution in [0, 0.1) is 10.1 Å². The SMILES string of the molecule is COc1ccc(Oc2ccc(C=C3NC(=S)NC3=O)cc2[N+](=O)[O-])cc1. The van der Waals surface area contributed by atoms with Gasteiger partial charge >= 0.3 is 5.69 Å². The van der Waals surface area contributed by atoms with Crippen LogP contribution in [0.15, 0.2) is 48.2 Å². The molecule has 2 aromatic rings. The number of nitro groups is 1. The average molecular weight is 371 g/mol. The maximum atomic E-state index is 11.7. The molecule has 3 rings (SSSR count). The van der Waals surface area contributed by atoms with Gasteiger partial charge in [-0.25, -0.2) is 0 Å². The predicted molar refractivity (Wildman–Crippen MR) is 98.0 cm³/mol. The van der Waals surface area contributed by atoms with Crippen LogP contribution in [0.4, 0.5) is 5.69 Å². The van der Waals surface area contributed by atoms with E-state index in [0.717, 1.165) is 0 Å². The van der Waals surface area contributed by atoms with Crippen molar-refractivity contribution in [3.8, 4) is 17.2 Å². The minimum absolute atomic E-state index is 0.0849. The third-order valence-electron chi connectivity index (χ3n) is 3.50. The van der Waals surface area contributed by atoms with Gasteiger partial charge in [0, 0.05) is 6.07 Å². The normalized spacial score (nSPS) is 14.7. The number of thiocarbonyl (C=S) groups is 1. The van der Waals surface area contributed by atoms with Gasteiger partial charge in [-0.15, -0.1) is 0 Å². The van der Waals surface area contributed by atoms with Gasteiger partial charge in [-0.1, -0.05) is 6.07 Å². The van der Waals surface area contributed by atoms with E-state index in [1.807, 2.05) is 0 Å². The molecular weight excluding hydrogens is 358 g/mol. The van der Waals surface area contributed by atoms with Crippen LogP contribution < -0.4 is 20.1 Å². The van der Waals surface area contributed by atoms with Crippen molar-refractivity contribution >= 4 is 35.0 Å². The second-order valence-electron chi connectivity index (χ2n) is 5.23. The molecule has 2 aromatic carbocycles. The second-order valence-corrected chi connectivity index (χ2v) is 5.64. The molecule has 1 fully saturated rings. The molecule has 2 N–H and O–H groups in total. The fraction of sp³-hybridized carbons (Fsp3) is 0.0588. The van der Waals surface area contributed by atoms with Gasteiger partial charge in [0.15, 0.2) is 5.11 Å². The molecule has 0 atom stereocenters. The molecule has 0 aliphatic carbocycles. The van der Waals surface area contributed by atoms with E-state index in [4.69, 9.17) is 21.7 Å². The molecule has 26 heavy (non-hydrogen) atoms. The number of methoxy groups -OCH3 is 1. The van der Waals surface area contributed by atoms with Crippen molar-refractivity contribution in [2.75, 3.05) is 7.11 Å². The Morgan fingerprint density at radius 1 is 1.12 bits per heavy atom. The largest absolute Gasteiger partial charge is 0.497 e. The van der Waals surface area contributed by atoms with Crippen molar-refractivity contribution in [3.05, 3.63) is 63.8 Å². The second kappa shape index (κ2) is 7.19. The van der Waals surface area contributed by atoms with Crippen LogP contribution in [-0.4, -0.2) is 23.1 Å². The summed E-state index contributed by atoms with van der Waals surface area (Å²) in [5.74, 6) is 0.772. The van der Waals surface area contributed by atoms with E-state index in [1.165, 1.54) is 18.2 Å². The summed E-state index contributed by atoms with van der Waals surface area (Å²) in [6.07, 6.45) is 1.47. The van der Waals surface area contributed by atoms with Crippen molar-refractivity contribution in [2.24, 2.45) is 0 Å². The molecule has 132 valence electrons. The number of hydrogen-bond acceptors (Lipinski definition) is 6. The number of carbonyl (C=O) groups is 1. The number of hydrogen-bond donors (Lipinski definition) is 2. The van der Waals surface area contributed by atoms with Gasteiger partial charge in [0.05, 0.1) is 12.0 Å². The quantitative estimate of drug-likeness (QED) is 0.360. The maximum Gasteiger partial charge on any atom is 0.312 e. The lowest BCUT2D eigenvalue weighted by Crippen LogP contribution is -2.21. The first-order chi connectivity index (χ1) is 12.5. The topological polar surface area (TPSA) is 103 Å². The first-order valence-electron chi connectivity index (χ1n) is 7.40. The molecule has 9 heteroatoms. The van der Waals surface area contributed by atoms with Crippen LogP contribution in [0.5, 0.6) is 17.2 Å². The Hall–Kier alpha value is -3.46. The lowest BCUT2D eigenvalue weighted by molar-refractivity contribution is -0.385. The lowest BCUT2D eigenvalue weighted by Gasteiger charge is -2.08. The van der Waals surface area contributed by atoms with E-state index >= 15 is 0 Å². The standard InChI is InChI=1S/C17H13N3O5S/c1-24-11-3-5-12(6-4-11)25-15-7-2-10(9-14(15)20(22)23)8-13-16(21)19-17(26)18-13/h2-9H,1H3,(H2,18,19,21,26). The molecule has 0 radical (unpaired) electrons. The molecule has 1 aliphatic heterocycles. The number of ether oxygens (including phenoxy) is 2. The number of nitrogens with one attached hydrogen (secondary N) is 2. The summed E-state index contributed by atoms with van der Waals surface area (Å²) in [6, 6.07) is 11.1. The highest BCUT2D eigenvalue weighted by molar-refractivity contribution is 7.80. The Bertz CT molecular complexity index is 924. The highest BCUT2D eigenvalue weighted by Crippen LogP contribution is 2.33. The van der Waals surface area contributed by atoms with Crippen LogP contribution in [0.3, 0.4) is 0 Å². The first-order valence-corrected chi connectivity index (χ1v) is 7.81. The summed E-state index contributed by atoms with van der Waals surface area (Å²) in [4.78, 5) is 22.5. The maximum absolute atomic E-state index is 11.7. The van der Waals surface area contributed by atoms with E-state index < -0.39 is 10.8 Å². The third-order valence-corrected chi connectivity index (χ3v) is 3.70. The Morgan fingerprint density at radius 3 is 2.38 bits per heavy atom. The van der Waals surface area contributed by atoms with Gasteiger partial charge in [0.25, 0.3) is 5.91 Å². The van der Waals surface area contributed by atoms with Gasteiger partial charge in [-0.2, -0.15) is 0 Å². The Kier molecular flexibility index (Phi) is 4.81. The zero-order valence-corrected chi connectivity index (χ0v) is 14.3. The molecule has 1 saturated heterocycles. The molecule has 0 saturated carbocycles. The van der Waals surface area contributed by atoms with E-state index in [9.17, 15) is 14.9 Å². The minimum atomic E-state index is -0.548. The molecular formula is C17H13N3O5S. The van der Waals surface area contributed by atoms with Gasteiger partial charge in [0.1, 0.15) is 17.2 Å². The van der Waals surface area contributed by atoms with E-state index in [0.29, 0.717) is 17.1 Å². The van der Waals surface area contributed by atoms with Gasteiger partial charge < -0.3 is 14.8 Å². The van der Waals surface area contributed by atoms with Crippen molar-refractivity contribution in [3.63, 3.8) is 0 Å². The Labute approximate surface area is 153 Å². The van der Waals surface area contributed by atoms with Gasteiger partial charge in [-0.3, -0.25) is 20.2 Å². The first kappa shape index (κ1) is 17.4. The molecule has 8 nitrogen and oxygen atoms in total. The average Bonchev–Trinajstić information content (AvgIpc) is 2.94. The van der Waals surface area contributed by atoms with Crippen molar-refractivity contribution in [2.45, 2.75) is 0 Å². The number of nitrogens with zero attached hydrogens (tertiary/aromatic N) is 1. The molecule has 0 spiro atoms. The molecule has 1 aliphatic rings. The highest BCUT2D eigenvalue weighted by Gasteiger charge is 2.21. The van der Waals surface area contributed by atoms with E-state index in [1.54, 1.807) is 37.4 Å². The summed E-state index contributed by atoms with van der Waals surface area (Å²) >= 11 is 4.85. The summed E-state index contributed by atoms with van der Waals surface area (Å²) in [6.45, 7) is 0. The summed E-state index contributed by atoms with van der Waals surface area (Å²) in [5, 5.41) is 16.7. The van der Waals surface area contributed by atoms with Crippen LogP contribution >= 0.6 is 12.2 Å². The van der Waals surface area contributed by atoms with E-state index in [2.05, 4.69) is 10.6 Å². The summed E-state index contributed by atoms with van der Waals surface area (Å²) in [7, 11) is 1.54. The number of rotatable bonds is 5. The van der Waals surface area contributed by atoms with E-state index in [-0.39, 0.29) is 22.2 Å². The number of carbonyl (C=O) groups excluding carboxylic acids is 1. The van der Waals surface area contributed by atoms with Crippen LogP contribution in [-0.2, 0) is 4.79 Å². The molecule has 1 amide bonds. The smallest absolute Gasteiger partial charge is 0.312 e. The minimum Gasteiger partial charge on any atom is -0.497 e. The fourth-order valence-corrected chi connectivity index (χ4v) is 2.48. The zero-order valence-electron chi connectivity index (χ0n) is 13.5. The number of amides is 1. The highest BCUT2D eigenvalue weighted by atomic mass is 32.1. The van der Waals surface area contributed by atoms with Crippen molar-refractivity contribution < 1.29 is 19.2 Å². The molecule has 1 heterocycles. The summed E-state index contributed by atoms with van der Waals surface area (Å²) < 4.78 is 10.7. The fourth-order valence-electron chi connectivity index (χ4n) is 2.27. The van der Waals surface area contributed by atoms with Crippen LogP contribution in [0.1, 0.15) is 5.56 Å². The summed E-state index contributed by atoms with van der Waals surface area (Å²) in [5.41, 5.74) is 0.449. The molecule has 0 bridgehead atoms.